The molecule has 0 saturated heterocycles. The molecule has 0 aliphatic carbocycles. The Morgan fingerprint density at radius 2 is 2.25 bits per heavy atom. The predicted octanol–water partition coefficient (Wildman–Crippen LogP) is 0.835. The Hall–Kier alpha value is -1.43. The Balaban J connectivity index is 2.42. The normalized spacial score (nSPS) is 10.8. The van der Waals surface area contributed by atoms with Gasteiger partial charge in [-0.05, 0) is 20.8 Å². The second-order valence-electron chi connectivity index (χ2n) is 3.54. The van der Waals surface area contributed by atoms with Crippen LogP contribution in [0.3, 0.4) is 0 Å². The first-order valence-corrected chi connectivity index (χ1v) is 5.29. The van der Waals surface area contributed by atoms with E-state index in [1.165, 1.54) is 0 Å². The van der Waals surface area contributed by atoms with Crippen molar-refractivity contribution in [2.24, 2.45) is 0 Å². The number of hydrogen-bond donors (Lipinski definition) is 1. The molecule has 0 saturated carbocycles. The zero-order valence-electron chi connectivity index (χ0n) is 9.82. The molecule has 0 fully saturated rings. The molecule has 0 radical (unpaired) electrons. The number of H-pyrrole nitrogens is 1. The molecule has 0 aliphatic rings. The van der Waals surface area contributed by atoms with Gasteiger partial charge in [-0.25, -0.2) is 4.98 Å². The number of esters is 1. The monoisotopic (exact) mass is 227 g/mol. The van der Waals surface area contributed by atoms with Crippen molar-refractivity contribution in [3.63, 3.8) is 0 Å². The van der Waals surface area contributed by atoms with E-state index in [0.29, 0.717) is 24.9 Å². The van der Waals surface area contributed by atoms with Crippen molar-refractivity contribution in [3.05, 3.63) is 11.6 Å². The van der Waals surface area contributed by atoms with E-state index in [4.69, 9.17) is 9.47 Å². The van der Waals surface area contributed by atoms with Crippen molar-refractivity contribution >= 4 is 5.97 Å². The zero-order chi connectivity index (χ0) is 12.0. The highest BCUT2D eigenvalue weighted by Crippen LogP contribution is 1.99. The number of nitrogens with zero attached hydrogens (tertiary/aromatic N) is 2. The third-order valence-electron chi connectivity index (χ3n) is 1.74. The predicted molar refractivity (Wildman–Crippen MR) is 56.6 cm³/mol. The first-order chi connectivity index (χ1) is 7.61. The smallest absolute Gasteiger partial charge is 0.313 e. The Bertz CT molecular complexity index is 336. The fraction of sp³-hybridized carbons (Fsp3) is 0.700. The van der Waals surface area contributed by atoms with Crippen LogP contribution in [0.1, 0.15) is 32.4 Å². The molecule has 1 aromatic rings. The summed E-state index contributed by atoms with van der Waals surface area (Å²) in [5.74, 6) is 0.740. The van der Waals surface area contributed by atoms with E-state index >= 15 is 0 Å². The third-order valence-corrected chi connectivity index (χ3v) is 1.74. The summed E-state index contributed by atoms with van der Waals surface area (Å²) in [7, 11) is 0. The highest BCUT2D eigenvalue weighted by Gasteiger charge is 2.09. The first-order valence-electron chi connectivity index (χ1n) is 5.29. The van der Waals surface area contributed by atoms with Gasteiger partial charge in [0.2, 0.25) is 0 Å². The van der Waals surface area contributed by atoms with Crippen LogP contribution >= 0.6 is 0 Å². The van der Waals surface area contributed by atoms with Gasteiger partial charge >= 0.3 is 5.97 Å². The molecule has 0 aliphatic heterocycles. The number of carbonyl (C=O) groups excluding carboxylic acids is 1. The van der Waals surface area contributed by atoms with Crippen LogP contribution in [-0.2, 0) is 27.3 Å². The number of hydrogen-bond acceptors (Lipinski definition) is 5. The van der Waals surface area contributed by atoms with Gasteiger partial charge in [0.05, 0.1) is 12.7 Å². The number of nitrogens with one attached hydrogen (secondary N) is 1. The number of aromatic amines is 1. The van der Waals surface area contributed by atoms with Gasteiger partial charge in [0, 0.05) is 0 Å². The molecule has 1 rings (SSSR count). The summed E-state index contributed by atoms with van der Waals surface area (Å²) in [6, 6.07) is 0. The van der Waals surface area contributed by atoms with E-state index in [2.05, 4.69) is 15.2 Å². The Morgan fingerprint density at radius 3 is 2.88 bits per heavy atom. The SMILES string of the molecule is CCOC(=O)Cc1nc(COC(C)C)n[nH]1. The second kappa shape index (κ2) is 6.22. The average Bonchev–Trinajstić information content (AvgIpc) is 2.63. The van der Waals surface area contributed by atoms with E-state index in [0.717, 1.165) is 0 Å². The summed E-state index contributed by atoms with van der Waals surface area (Å²) in [5, 5.41) is 6.61. The molecular formula is C10H17N3O3. The third kappa shape index (κ3) is 4.39. The molecule has 6 heteroatoms. The van der Waals surface area contributed by atoms with Gasteiger partial charge in [-0.3, -0.25) is 9.89 Å². The van der Waals surface area contributed by atoms with E-state index < -0.39 is 0 Å². The van der Waals surface area contributed by atoms with E-state index in [-0.39, 0.29) is 18.5 Å². The average molecular weight is 227 g/mol. The van der Waals surface area contributed by atoms with Crippen LogP contribution in [0.4, 0.5) is 0 Å². The van der Waals surface area contributed by atoms with Crippen LogP contribution in [-0.4, -0.2) is 33.9 Å². The van der Waals surface area contributed by atoms with Crippen LogP contribution < -0.4 is 0 Å². The second-order valence-corrected chi connectivity index (χ2v) is 3.54. The molecule has 0 amide bonds. The van der Waals surface area contributed by atoms with Gasteiger partial charge < -0.3 is 9.47 Å². The minimum atomic E-state index is -0.310. The van der Waals surface area contributed by atoms with Crippen LogP contribution in [0.15, 0.2) is 0 Å². The summed E-state index contributed by atoms with van der Waals surface area (Å²) in [4.78, 5) is 15.3. The fourth-order valence-electron chi connectivity index (χ4n) is 1.07. The zero-order valence-corrected chi connectivity index (χ0v) is 9.82. The lowest BCUT2D eigenvalue weighted by atomic mass is 10.4. The first kappa shape index (κ1) is 12.6. The van der Waals surface area contributed by atoms with Gasteiger partial charge in [-0.15, -0.1) is 0 Å². The number of rotatable bonds is 6. The van der Waals surface area contributed by atoms with Crippen molar-refractivity contribution in [1.82, 2.24) is 15.2 Å². The van der Waals surface area contributed by atoms with Crippen molar-refractivity contribution in [2.45, 2.75) is 39.9 Å². The van der Waals surface area contributed by atoms with Crippen molar-refractivity contribution in [3.8, 4) is 0 Å². The molecule has 1 aromatic heterocycles. The Morgan fingerprint density at radius 1 is 1.50 bits per heavy atom. The summed E-state index contributed by atoms with van der Waals surface area (Å²) in [6.07, 6.45) is 0.245. The maximum atomic E-state index is 11.1. The maximum absolute atomic E-state index is 11.1. The van der Waals surface area contributed by atoms with Crippen LogP contribution in [0.25, 0.3) is 0 Å². The lowest BCUT2D eigenvalue weighted by Crippen LogP contribution is -2.08. The summed E-state index contributed by atoms with van der Waals surface area (Å²) < 4.78 is 10.1. The van der Waals surface area contributed by atoms with E-state index in [1.807, 2.05) is 13.8 Å². The van der Waals surface area contributed by atoms with Gasteiger partial charge in [0.1, 0.15) is 18.9 Å². The lowest BCUT2D eigenvalue weighted by molar-refractivity contribution is -0.142. The number of aromatic nitrogens is 3. The molecule has 0 spiro atoms. The molecular weight excluding hydrogens is 210 g/mol. The van der Waals surface area contributed by atoms with Gasteiger partial charge in [-0.2, -0.15) is 5.10 Å². The van der Waals surface area contributed by atoms with Gasteiger partial charge in [0.15, 0.2) is 5.82 Å². The van der Waals surface area contributed by atoms with Crippen molar-refractivity contribution in [2.75, 3.05) is 6.61 Å². The Kier molecular flexibility index (Phi) is 4.91. The quantitative estimate of drug-likeness (QED) is 0.728. The van der Waals surface area contributed by atoms with Gasteiger partial charge in [-0.1, -0.05) is 0 Å². The van der Waals surface area contributed by atoms with Gasteiger partial charge in [0.25, 0.3) is 0 Å². The minimum Gasteiger partial charge on any atom is -0.466 e. The largest absolute Gasteiger partial charge is 0.466 e. The maximum Gasteiger partial charge on any atom is 0.313 e. The van der Waals surface area contributed by atoms with Crippen molar-refractivity contribution in [1.29, 1.82) is 0 Å². The fourth-order valence-corrected chi connectivity index (χ4v) is 1.07. The summed E-state index contributed by atoms with van der Waals surface area (Å²) >= 11 is 0. The number of ether oxygens (including phenoxy) is 2. The molecule has 0 aromatic carbocycles. The van der Waals surface area contributed by atoms with E-state index in [9.17, 15) is 4.79 Å². The molecule has 16 heavy (non-hydrogen) atoms. The highest BCUT2D eigenvalue weighted by molar-refractivity contribution is 5.71. The lowest BCUT2D eigenvalue weighted by Gasteiger charge is -2.03. The van der Waals surface area contributed by atoms with Crippen LogP contribution in [0, 0.1) is 0 Å². The topological polar surface area (TPSA) is 77.1 Å². The molecule has 0 atom stereocenters. The summed E-state index contributed by atoms with van der Waals surface area (Å²) in [6.45, 7) is 6.35. The standard InChI is InChI=1S/C10H17N3O3/c1-4-15-10(14)5-8-11-9(13-12-8)6-16-7(2)3/h7H,4-6H2,1-3H3,(H,11,12,13). The van der Waals surface area contributed by atoms with E-state index in [1.54, 1.807) is 6.92 Å². The number of carbonyl (C=O) groups is 1. The highest BCUT2D eigenvalue weighted by atomic mass is 16.5. The molecule has 6 nitrogen and oxygen atoms in total. The minimum absolute atomic E-state index is 0.114. The molecule has 1 heterocycles. The molecule has 0 bridgehead atoms. The van der Waals surface area contributed by atoms with Crippen LogP contribution in [0.2, 0.25) is 0 Å². The molecule has 90 valence electrons. The molecule has 1 N–H and O–H groups in total. The van der Waals surface area contributed by atoms with Crippen LogP contribution in [0.5, 0.6) is 0 Å². The van der Waals surface area contributed by atoms with Crippen molar-refractivity contribution < 1.29 is 14.3 Å². The summed E-state index contributed by atoms with van der Waals surface area (Å²) in [5.41, 5.74) is 0. The Labute approximate surface area is 94.4 Å². The molecule has 0 unspecified atom stereocenters.